The van der Waals surface area contributed by atoms with E-state index in [9.17, 15) is 10.1 Å². The van der Waals surface area contributed by atoms with Crippen LogP contribution in [0.3, 0.4) is 0 Å². The number of hydrogen-bond donors (Lipinski definition) is 1. The summed E-state index contributed by atoms with van der Waals surface area (Å²) in [6.07, 6.45) is 1.36. The monoisotopic (exact) mass is 430 g/mol. The van der Waals surface area contributed by atoms with Gasteiger partial charge in [-0.1, -0.05) is 39.0 Å². The number of fused-ring (bicyclic) bond motifs is 1. The maximum atomic E-state index is 12.0. The molecule has 0 aliphatic rings. The first kappa shape index (κ1) is 21.7. The smallest absolute Gasteiger partial charge is 0.353 e. The lowest BCUT2D eigenvalue weighted by Gasteiger charge is -2.27. The van der Waals surface area contributed by atoms with Gasteiger partial charge in [-0.15, -0.1) is 0 Å². The number of nitrogens with zero attached hydrogens (tertiary/aromatic N) is 5. The van der Waals surface area contributed by atoms with Gasteiger partial charge in [-0.05, 0) is 30.0 Å². The molecule has 0 fully saturated rings. The van der Waals surface area contributed by atoms with E-state index in [0.29, 0.717) is 35.9 Å². The van der Waals surface area contributed by atoms with Gasteiger partial charge in [-0.25, -0.2) is 15.0 Å². The van der Waals surface area contributed by atoms with Crippen LogP contribution in [0.1, 0.15) is 27.7 Å². The van der Waals surface area contributed by atoms with Crippen molar-refractivity contribution in [1.29, 1.82) is 0 Å². The second-order valence-corrected chi connectivity index (χ2v) is 8.85. The van der Waals surface area contributed by atoms with Crippen LogP contribution in [0.2, 0.25) is 0 Å². The van der Waals surface area contributed by atoms with Crippen molar-refractivity contribution in [3.63, 3.8) is 0 Å². The number of rotatable bonds is 9. The first-order valence-corrected chi connectivity index (χ1v) is 10.6. The van der Waals surface area contributed by atoms with Gasteiger partial charge in [0, 0.05) is 13.1 Å². The second-order valence-electron chi connectivity index (χ2n) is 7.82. The number of methoxy groups -OCH3 is 1. The van der Waals surface area contributed by atoms with Gasteiger partial charge < -0.3 is 15.0 Å². The third-order valence-corrected chi connectivity index (χ3v) is 5.21. The molecule has 9 nitrogen and oxygen atoms in total. The number of nitrogens with one attached hydrogen (secondary N) is 1. The number of ether oxygens (including phenoxy) is 1. The standard InChI is InChI=1S/C20H26N6O3S/c1-12(2)9-25(10-13(3)4)19-17(26(27)28)18(21-11-22-19)24-20-23-15-7-6-14(29-5)8-16(15)30-20/h6-8,11-13H,9-10H2,1-5H3,(H,21,22,23,24). The Balaban J connectivity index is 2.00. The van der Waals surface area contributed by atoms with Crippen LogP contribution in [0, 0.1) is 22.0 Å². The third-order valence-electron chi connectivity index (χ3n) is 4.28. The van der Waals surface area contributed by atoms with Crippen molar-refractivity contribution in [2.24, 2.45) is 11.8 Å². The molecule has 0 spiro atoms. The van der Waals surface area contributed by atoms with Gasteiger partial charge in [0.15, 0.2) is 5.13 Å². The van der Waals surface area contributed by atoms with Crippen LogP contribution in [0.4, 0.5) is 22.5 Å². The molecule has 0 aliphatic carbocycles. The van der Waals surface area contributed by atoms with E-state index in [1.807, 2.05) is 23.1 Å². The van der Waals surface area contributed by atoms with Gasteiger partial charge in [-0.3, -0.25) is 10.1 Å². The molecule has 0 radical (unpaired) electrons. The van der Waals surface area contributed by atoms with Crippen LogP contribution in [-0.4, -0.2) is 40.1 Å². The van der Waals surface area contributed by atoms with Crippen LogP contribution < -0.4 is 15.0 Å². The maximum Gasteiger partial charge on any atom is 0.353 e. The Hall–Kier alpha value is -3.01. The van der Waals surface area contributed by atoms with Crippen LogP contribution >= 0.6 is 11.3 Å². The van der Waals surface area contributed by atoms with Gasteiger partial charge in [0.05, 0.1) is 22.2 Å². The van der Waals surface area contributed by atoms with Crippen LogP contribution in [0.15, 0.2) is 24.5 Å². The fourth-order valence-electron chi connectivity index (χ4n) is 3.18. The van der Waals surface area contributed by atoms with E-state index in [0.717, 1.165) is 16.0 Å². The molecule has 0 saturated heterocycles. The van der Waals surface area contributed by atoms with E-state index >= 15 is 0 Å². The first-order valence-electron chi connectivity index (χ1n) is 9.74. The van der Waals surface area contributed by atoms with Gasteiger partial charge >= 0.3 is 5.69 Å². The molecule has 3 aromatic rings. The third kappa shape index (κ3) is 4.93. The van der Waals surface area contributed by atoms with E-state index in [-0.39, 0.29) is 11.5 Å². The molecule has 0 unspecified atom stereocenters. The Morgan fingerprint density at radius 2 is 1.90 bits per heavy atom. The number of thiazole rings is 1. The Kier molecular flexibility index (Phi) is 6.66. The highest BCUT2D eigenvalue weighted by Crippen LogP contribution is 2.36. The number of benzene rings is 1. The molecule has 1 aromatic carbocycles. The molecule has 0 atom stereocenters. The molecule has 2 heterocycles. The molecule has 0 saturated carbocycles. The van der Waals surface area contributed by atoms with Crippen molar-refractivity contribution >= 4 is 44.0 Å². The summed E-state index contributed by atoms with van der Waals surface area (Å²) in [6.45, 7) is 9.64. The van der Waals surface area contributed by atoms with Crippen molar-refractivity contribution in [3.8, 4) is 5.75 Å². The van der Waals surface area contributed by atoms with Crippen LogP contribution in [0.25, 0.3) is 10.2 Å². The summed E-state index contributed by atoms with van der Waals surface area (Å²) in [7, 11) is 1.60. The molecule has 10 heteroatoms. The molecule has 3 rings (SSSR count). The highest BCUT2D eigenvalue weighted by atomic mass is 32.1. The van der Waals surface area contributed by atoms with Crippen molar-refractivity contribution in [2.45, 2.75) is 27.7 Å². The summed E-state index contributed by atoms with van der Waals surface area (Å²) in [6, 6.07) is 5.56. The van der Waals surface area contributed by atoms with Crippen molar-refractivity contribution in [3.05, 3.63) is 34.6 Å². The average Bonchev–Trinajstić information content (AvgIpc) is 3.07. The summed E-state index contributed by atoms with van der Waals surface area (Å²) in [4.78, 5) is 26.5. The summed E-state index contributed by atoms with van der Waals surface area (Å²) in [5, 5.41) is 15.5. The minimum Gasteiger partial charge on any atom is -0.497 e. The minimum absolute atomic E-state index is 0.133. The van der Waals surface area contributed by atoms with Gasteiger partial charge in [0.25, 0.3) is 0 Å². The Bertz CT molecular complexity index is 1030. The van der Waals surface area contributed by atoms with Crippen molar-refractivity contribution in [2.75, 3.05) is 30.4 Å². The number of anilines is 3. The minimum atomic E-state index is -0.429. The van der Waals surface area contributed by atoms with E-state index in [2.05, 4.69) is 48.0 Å². The predicted octanol–water partition coefficient (Wildman–Crippen LogP) is 4.87. The molecule has 160 valence electrons. The zero-order valence-electron chi connectivity index (χ0n) is 17.7. The maximum absolute atomic E-state index is 12.0. The van der Waals surface area contributed by atoms with Crippen LogP contribution in [-0.2, 0) is 0 Å². The Labute approximate surface area is 179 Å². The van der Waals surface area contributed by atoms with Crippen molar-refractivity contribution in [1.82, 2.24) is 15.0 Å². The molecule has 2 aromatic heterocycles. The molecule has 0 amide bonds. The molecule has 30 heavy (non-hydrogen) atoms. The fraction of sp³-hybridized carbons (Fsp3) is 0.450. The lowest BCUT2D eigenvalue weighted by Crippen LogP contribution is -2.32. The quantitative estimate of drug-likeness (QED) is 0.379. The van der Waals surface area contributed by atoms with Gasteiger partial charge in [0.2, 0.25) is 11.6 Å². The topological polar surface area (TPSA) is 106 Å². The highest BCUT2D eigenvalue weighted by molar-refractivity contribution is 7.22. The fourth-order valence-corrected chi connectivity index (χ4v) is 4.07. The molecular weight excluding hydrogens is 404 g/mol. The number of hydrogen-bond acceptors (Lipinski definition) is 9. The SMILES string of the molecule is COc1ccc2nc(Nc3ncnc(N(CC(C)C)CC(C)C)c3[N+](=O)[O-])sc2c1. The Morgan fingerprint density at radius 1 is 1.20 bits per heavy atom. The van der Waals surface area contributed by atoms with Gasteiger partial charge in [0.1, 0.15) is 12.1 Å². The number of aromatic nitrogens is 3. The lowest BCUT2D eigenvalue weighted by molar-refractivity contribution is -0.383. The first-order chi connectivity index (χ1) is 14.3. The molecule has 0 aliphatic heterocycles. The lowest BCUT2D eigenvalue weighted by atomic mass is 10.1. The highest BCUT2D eigenvalue weighted by Gasteiger charge is 2.28. The van der Waals surface area contributed by atoms with Crippen LogP contribution in [0.5, 0.6) is 5.75 Å². The normalized spacial score (nSPS) is 11.3. The summed E-state index contributed by atoms with van der Waals surface area (Å²) in [5.74, 6) is 1.84. The van der Waals surface area contributed by atoms with E-state index in [1.54, 1.807) is 7.11 Å². The van der Waals surface area contributed by atoms with Crippen molar-refractivity contribution < 1.29 is 9.66 Å². The number of nitro groups is 1. The van der Waals surface area contributed by atoms with E-state index < -0.39 is 4.92 Å². The summed E-state index contributed by atoms with van der Waals surface area (Å²) in [5.41, 5.74) is 0.636. The summed E-state index contributed by atoms with van der Waals surface area (Å²) >= 11 is 1.38. The van der Waals surface area contributed by atoms with E-state index in [4.69, 9.17) is 4.74 Å². The second kappa shape index (κ2) is 9.21. The Morgan fingerprint density at radius 3 is 2.50 bits per heavy atom. The summed E-state index contributed by atoms with van der Waals surface area (Å²) < 4.78 is 6.16. The average molecular weight is 431 g/mol. The van der Waals surface area contributed by atoms with E-state index in [1.165, 1.54) is 17.7 Å². The largest absolute Gasteiger partial charge is 0.497 e. The zero-order chi connectivity index (χ0) is 21.8. The molecular formula is C20H26N6O3S. The molecule has 0 bridgehead atoms. The van der Waals surface area contributed by atoms with Gasteiger partial charge in [-0.2, -0.15) is 0 Å². The molecule has 1 N–H and O–H groups in total. The predicted molar refractivity (Wildman–Crippen MR) is 120 cm³/mol. The zero-order valence-corrected chi connectivity index (χ0v) is 18.6.